The van der Waals surface area contributed by atoms with Gasteiger partial charge in [0.1, 0.15) is 0 Å². The van der Waals surface area contributed by atoms with Crippen LogP contribution in [-0.2, 0) is 0 Å². The Morgan fingerprint density at radius 3 is 1.67 bits per heavy atom. The number of hydrogen-bond donors (Lipinski definition) is 0. The van der Waals surface area contributed by atoms with Crippen LogP contribution in [0.4, 0.5) is 0 Å². The minimum atomic E-state index is 0.874. The first-order valence-corrected chi connectivity index (χ1v) is 9.86. The lowest BCUT2D eigenvalue weighted by Crippen LogP contribution is -2.28. The molecule has 0 saturated heterocycles. The van der Waals surface area contributed by atoms with Crippen LogP contribution in [0.2, 0.25) is 0 Å². The van der Waals surface area contributed by atoms with E-state index in [2.05, 4.69) is 39.5 Å². The summed E-state index contributed by atoms with van der Waals surface area (Å²) in [6, 6.07) is 0. The minimum absolute atomic E-state index is 0.874. The summed E-state index contributed by atoms with van der Waals surface area (Å²) in [5.74, 6) is 1.85. The first-order valence-electron chi connectivity index (χ1n) is 9.86. The van der Waals surface area contributed by atoms with Gasteiger partial charge in [-0.15, -0.1) is 0 Å². The Morgan fingerprint density at radius 2 is 1.24 bits per heavy atom. The van der Waals surface area contributed by atoms with E-state index in [9.17, 15) is 0 Å². The molecule has 1 atom stereocenters. The largest absolute Gasteiger partial charge is 0.303 e. The molecule has 0 saturated carbocycles. The number of hydrogen-bond acceptors (Lipinski definition) is 1. The van der Waals surface area contributed by atoms with Crippen molar-refractivity contribution in [1.29, 1.82) is 0 Å². The second-order valence-corrected chi connectivity index (χ2v) is 6.61. The molecule has 1 nitrogen and oxygen atoms in total. The van der Waals surface area contributed by atoms with Gasteiger partial charge in [-0.1, -0.05) is 80.6 Å². The minimum Gasteiger partial charge on any atom is -0.303 e. The summed E-state index contributed by atoms with van der Waals surface area (Å²) in [7, 11) is 0. The zero-order valence-corrected chi connectivity index (χ0v) is 16.4. The van der Waals surface area contributed by atoms with Crippen LogP contribution in [-0.4, -0.2) is 24.5 Å². The van der Waals surface area contributed by atoms with Crippen molar-refractivity contribution in [2.45, 2.75) is 99.8 Å². The Kier molecular flexibility index (Phi) is 19.9. The van der Waals surface area contributed by atoms with Crippen molar-refractivity contribution in [3.8, 4) is 0 Å². The molecule has 0 amide bonds. The molecule has 0 spiro atoms. The molecule has 0 N–H and O–H groups in total. The highest BCUT2D eigenvalue weighted by molar-refractivity contribution is 4.65. The summed E-state index contributed by atoms with van der Waals surface area (Å²) in [6.45, 7) is 19.5. The molecule has 130 valence electrons. The molecule has 0 aliphatic carbocycles. The van der Waals surface area contributed by atoms with Gasteiger partial charge in [-0.25, -0.2) is 0 Å². The Labute approximate surface area is 136 Å². The number of nitrogens with zero attached hydrogens (tertiary/aromatic N) is 1. The van der Waals surface area contributed by atoms with Crippen LogP contribution in [0.5, 0.6) is 0 Å². The molecule has 0 heterocycles. The van der Waals surface area contributed by atoms with Gasteiger partial charge in [0.05, 0.1) is 0 Å². The van der Waals surface area contributed by atoms with Crippen LogP contribution in [0.15, 0.2) is 0 Å². The fourth-order valence-electron chi connectivity index (χ4n) is 2.99. The average Bonchev–Trinajstić information content (AvgIpc) is 2.46. The molecule has 0 aliphatic rings. The van der Waals surface area contributed by atoms with E-state index >= 15 is 0 Å². The van der Waals surface area contributed by atoms with E-state index in [0.717, 1.165) is 11.8 Å². The van der Waals surface area contributed by atoms with Crippen molar-refractivity contribution >= 4 is 0 Å². The molecule has 0 radical (unpaired) electrons. The van der Waals surface area contributed by atoms with E-state index in [1.807, 2.05) is 13.8 Å². The van der Waals surface area contributed by atoms with Crippen LogP contribution >= 0.6 is 0 Å². The fourth-order valence-corrected chi connectivity index (χ4v) is 2.99. The quantitative estimate of drug-likeness (QED) is 0.363. The van der Waals surface area contributed by atoms with Gasteiger partial charge in [-0.3, -0.25) is 0 Å². The van der Waals surface area contributed by atoms with Gasteiger partial charge in [0, 0.05) is 0 Å². The van der Waals surface area contributed by atoms with Crippen molar-refractivity contribution in [3.63, 3.8) is 0 Å². The van der Waals surface area contributed by atoms with Crippen molar-refractivity contribution in [2.24, 2.45) is 11.8 Å². The third-order valence-electron chi connectivity index (χ3n) is 4.02. The predicted octanol–water partition coefficient (Wildman–Crippen LogP) is 6.77. The van der Waals surface area contributed by atoms with Gasteiger partial charge in [-0.2, -0.15) is 0 Å². The molecule has 0 aromatic carbocycles. The van der Waals surface area contributed by atoms with Crippen LogP contribution < -0.4 is 0 Å². The number of rotatable bonds is 13. The summed E-state index contributed by atoms with van der Waals surface area (Å²) in [4.78, 5) is 2.67. The smallest absolute Gasteiger partial charge is 0.00161 e. The predicted molar refractivity (Wildman–Crippen MR) is 100 cm³/mol. The van der Waals surface area contributed by atoms with Crippen molar-refractivity contribution in [1.82, 2.24) is 4.90 Å². The molecule has 0 aliphatic heterocycles. The van der Waals surface area contributed by atoms with Crippen molar-refractivity contribution in [2.75, 3.05) is 19.6 Å². The van der Waals surface area contributed by atoms with Gasteiger partial charge in [0.25, 0.3) is 0 Å². The molecule has 1 heteroatoms. The van der Waals surface area contributed by atoms with E-state index < -0.39 is 0 Å². The lowest BCUT2D eigenvalue weighted by Gasteiger charge is -2.24. The lowest BCUT2D eigenvalue weighted by atomic mass is 9.92. The zero-order chi connectivity index (χ0) is 16.5. The lowest BCUT2D eigenvalue weighted by molar-refractivity contribution is 0.241. The van der Waals surface area contributed by atoms with Crippen LogP contribution in [0.3, 0.4) is 0 Å². The van der Waals surface area contributed by atoms with Crippen LogP contribution in [0.1, 0.15) is 99.8 Å². The Bertz CT molecular complexity index is 171. The maximum Gasteiger partial charge on any atom is -0.00161 e. The van der Waals surface area contributed by atoms with Gasteiger partial charge < -0.3 is 4.90 Å². The Balaban J connectivity index is 0. The highest BCUT2D eigenvalue weighted by Gasteiger charge is 2.11. The molecule has 0 aromatic heterocycles. The summed E-state index contributed by atoms with van der Waals surface area (Å²) in [5, 5.41) is 0. The van der Waals surface area contributed by atoms with E-state index in [1.165, 1.54) is 71.0 Å². The third kappa shape index (κ3) is 16.2. The van der Waals surface area contributed by atoms with E-state index in [1.54, 1.807) is 0 Å². The SMILES string of the molecule is CC.CCCC(CCCC(C)C)CCN(CCC)CCC. The van der Waals surface area contributed by atoms with Crippen LogP contribution in [0, 0.1) is 11.8 Å². The van der Waals surface area contributed by atoms with E-state index in [4.69, 9.17) is 0 Å². The van der Waals surface area contributed by atoms with Gasteiger partial charge >= 0.3 is 0 Å². The third-order valence-corrected chi connectivity index (χ3v) is 4.02. The Morgan fingerprint density at radius 1 is 0.667 bits per heavy atom. The van der Waals surface area contributed by atoms with E-state index in [0.29, 0.717) is 0 Å². The molecule has 1 unspecified atom stereocenters. The molecular weight excluding hydrogens is 254 g/mol. The normalized spacial score (nSPS) is 12.4. The molecule has 21 heavy (non-hydrogen) atoms. The fraction of sp³-hybridized carbons (Fsp3) is 1.00. The first kappa shape index (κ1) is 23.2. The molecule has 0 fully saturated rings. The summed E-state index contributed by atoms with van der Waals surface area (Å²) in [5.41, 5.74) is 0. The standard InChI is InChI=1S/C18H39N.C2H6/c1-6-10-18(12-9-11-17(4)5)13-16-19(14-7-2)15-8-3;1-2/h17-18H,6-16H2,1-5H3;1-2H3. The summed E-state index contributed by atoms with van der Waals surface area (Å²) >= 11 is 0. The monoisotopic (exact) mass is 299 g/mol. The molecule has 0 aromatic rings. The van der Waals surface area contributed by atoms with Crippen LogP contribution in [0.25, 0.3) is 0 Å². The molecule has 0 rings (SSSR count). The summed E-state index contributed by atoms with van der Waals surface area (Å²) in [6.07, 6.45) is 11.1. The second kappa shape index (κ2) is 18.0. The molecule has 0 bridgehead atoms. The average molecular weight is 300 g/mol. The second-order valence-electron chi connectivity index (χ2n) is 6.61. The Hall–Kier alpha value is -0.0400. The highest BCUT2D eigenvalue weighted by atomic mass is 15.1. The maximum atomic E-state index is 2.67. The summed E-state index contributed by atoms with van der Waals surface area (Å²) < 4.78 is 0. The van der Waals surface area contributed by atoms with Crippen molar-refractivity contribution < 1.29 is 0 Å². The van der Waals surface area contributed by atoms with Gasteiger partial charge in [0.2, 0.25) is 0 Å². The van der Waals surface area contributed by atoms with Gasteiger partial charge in [-0.05, 0) is 50.7 Å². The molecular formula is C20H45N. The van der Waals surface area contributed by atoms with E-state index in [-0.39, 0.29) is 0 Å². The van der Waals surface area contributed by atoms with Gasteiger partial charge in [0.15, 0.2) is 0 Å². The maximum absolute atomic E-state index is 2.67. The van der Waals surface area contributed by atoms with Crippen molar-refractivity contribution in [3.05, 3.63) is 0 Å². The topological polar surface area (TPSA) is 3.24 Å². The first-order chi connectivity index (χ1) is 10.1. The highest BCUT2D eigenvalue weighted by Crippen LogP contribution is 2.21. The zero-order valence-electron chi connectivity index (χ0n) is 16.4.